The summed E-state index contributed by atoms with van der Waals surface area (Å²) in [6.45, 7) is 1.55. The Kier molecular flexibility index (Phi) is 5.57. The van der Waals surface area contributed by atoms with Gasteiger partial charge in [-0.3, -0.25) is 9.78 Å². The van der Waals surface area contributed by atoms with Gasteiger partial charge in [0.1, 0.15) is 10.6 Å². The fourth-order valence-corrected chi connectivity index (χ4v) is 2.60. The Bertz CT molecular complexity index is 1030. The second-order valence-electron chi connectivity index (χ2n) is 5.24. The number of esters is 1. The lowest BCUT2D eigenvalue weighted by atomic mass is 10.2. The first-order valence-electron chi connectivity index (χ1n) is 7.73. The van der Waals surface area contributed by atoms with Crippen LogP contribution in [0.25, 0.3) is 0 Å². The van der Waals surface area contributed by atoms with Crippen LogP contribution in [0.2, 0.25) is 0 Å². The van der Waals surface area contributed by atoms with E-state index in [2.05, 4.69) is 25.7 Å². The molecule has 1 aromatic carbocycles. The first-order chi connectivity index (χ1) is 13.1. The van der Waals surface area contributed by atoms with Crippen molar-refractivity contribution < 1.29 is 14.3 Å². The summed E-state index contributed by atoms with van der Waals surface area (Å²) < 4.78 is 10.6. The third kappa shape index (κ3) is 4.55. The van der Waals surface area contributed by atoms with Crippen molar-refractivity contribution >= 4 is 29.5 Å². The van der Waals surface area contributed by atoms with E-state index < -0.39 is 5.97 Å². The van der Waals surface area contributed by atoms with Gasteiger partial charge in [-0.2, -0.15) is 5.10 Å². The molecule has 0 atom stereocenters. The molecule has 0 radical (unpaired) electrons. The summed E-state index contributed by atoms with van der Waals surface area (Å²) in [5.41, 5.74) is 3.18. The van der Waals surface area contributed by atoms with Crippen molar-refractivity contribution in [3.63, 3.8) is 0 Å². The third-order valence-corrected chi connectivity index (χ3v) is 4.21. The standard InChI is InChI=1S/C17H15N5O4S/c1-10-15(23)19-17(22-20-10)21-18-9-11-5-6-12(13(8-11)25-2)26-16(24)14-4-3-7-27-14/h3-9H,1-2H3,(H2,19,21,22,23)/b18-9+. The fourth-order valence-electron chi connectivity index (χ4n) is 2.01. The molecule has 2 aromatic heterocycles. The molecule has 10 heteroatoms. The van der Waals surface area contributed by atoms with Crippen molar-refractivity contribution in [3.05, 3.63) is 62.2 Å². The zero-order valence-electron chi connectivity index (χ0n) is 14.4. The van der Waals surface area contributed by atoms with Crippen LogP contribution in [-0.4, -0.2) is 34.5 Å². The van der Waals surface area contributed by atoms with Crippen molar-refractivity contribution in [2.45, 2.75) is 6.92 Å². The van der Waals surface area contributed by atoms with E-state index in [4.69, 9.17) is 9.47 Å². The van der Waals surface area contributed by atoms with Gasteiger partial charge in [0.2, 0.25) is 5.95 Å². The van der Waals surface area contributed by atoms with Crippen LogP contribution in [0.15, 0.2) is 45.6 Å². The second-order valence-corrected chi connectivity index (χ2v) is 6.18. The zero-order valence-corrected chi connectivity index (χ0v) is 15.2. The number of benzene rings is 1. The maximum atomic E-state index is 12.1. The molecular weight excluding hydrogens is 370 g/mol. The number of aromatic amines is 1. The van der Waals surface area contributed by atoms with E-state index in [1.165, 1.54) is 24.7 Å². The molecule has 0 aliphatic carbocycles. The Balaban J connectivity index is 1.70. The predicted molar refractivity (Wildman–Crippen MR) is 101 cm³/mol. The van der Waals surface area contributed by atoms with Gasteiger partial charge in [0.25, 0.3) is 5.56 Å². The van der Waals surface area contributed by atoms with Crippen molar-refractivity contribution in [1.29, 1.82) is 0 Å². The number of H-pyrrole nitrogens is 1. The monoisotopic (exact) mass is 385 g/mol. The lowest BCUT2D eigenvalue weighted by molar-refractivity contribution is 0.0735. The normalized spacial score (nSPS) is 10.7. The molecule has 9 nitrogen and oxygen atoms in total. The topological polar surface area (TPSA) is 119 Å². The van der Waals surface area contributed by atoms with Gasteiger partial charge in [0.15, 0.2) is 11.5 Å². The Labute approximate surface area is 157 Å². The van der Waals surface area contributed by atoms with Gasteiger partial charge >= 0.3 is 5.97 Å². The summed E-state index contributed by atoms with van der Waals surface area (Å²) in [5, 5.41) is 13.2. The van der Waals surface area contributed by atoms with Crippen molar-refractivity contribution in [2.24, 2.45) is 5.10 Å². The molecule has 0 saturated heterocycles. The first-order valence-corrected chi connectivity index (χ1v) is 8.61. The van der Waals surface area contributed by atoms with Gasteiger partial charge in [-0.05, 0) is 42.1 Å². The van der Waals surface area contributed by atoms with Gasteiger partial charge in [0, 0.05) is 0 Å². The van der Waals surface area contributed by atoms with Crippen LogP contribution < -0.4 is 20.5 Å². The highest BCUT2D eigenvalue weighted by atomic mass is 32.1. The number of carbonyl (C=O) groups excluding carboxylic acids is 1. The number of aryl methyl sites for hydroxylation is 1. The van der Waals surface area contributed by atoms with Gasteiger partial charge in [0.05, 0.1) is 13.3 Å². The van der Waals surface area contributed by atoms with E-state index in [0.717, 1.165) is 0 Å². The van der Waals surface area contributed by atoms with E-state index in [1.807, 2.05) is 0 Å². The van der Waals surface area contributed by atoms with E-state index in [-0.39, 0.29) is 17.2 Å². The number of hydrogen-bond acceptors (Lipinski definition) is 9. The molecule has 0 fully saturated rings. The van der Waals surface area contributed by atoms with Gasteiger partial charge in [-0.15, -0.1) is 21.5 Å². The number of hydrazone groups is 1. The van der Waals surface area contributed by atoms with E-state index >= 15 is 0 Å². The molecule has 0 aliphatic rings. The highest BCUT2D eigenvalue weighted by Crippen LogP contribution is 2.28. The Morgan fingerprint density at radius 2 is 2.15 bits per heavy atom. The van der Waals surface area contributed by atoms with Crippen LogP contribution in [0.3, 0.4) is 0 Å². The molecular formula is C17H15N5O4S. The highest BCUT2D eigenvalue weighted by Gasteiger charge is 2.13. The molecule has 3 rings (SSSR count). The Hall–Kier alpha value is -3.53. The van der Waals surface area contributed by atoms with Gasteiger partial charge < -0.3 is 9.47 Å². The molecule has 0 spiro atoms. The fraction of sp³-hybridized carbons (Fsp3) is 0.118. The Morgan fingerprint density at radius 3 is 2.85 bits per heavy atom. The minimum Gasteiger partial charge on any atom is -0.493 e. The number of carbonyl (C=O) groups is 1. The minimum atomic E-state index is -0.451. The average molecular weight is 385 g/mol. The molecule has 138 valence electrons. The van der Waals surface area contributed by atoms with E-state index in [9.17, 15) is 9.59 Å². The van der Waals surface area contributed by atoms with E-state index in [0.29, 0.717) is 21.9 Å². The summed E-state index contributed by atoms with van der Waals surface area (Å²) in [5.74, 6) is 0.353. The van der Waals surface area contributed by atoms with E-state index in [1.54, 1.807) is 42.6 Å². The quantitative estimate of drug-likeness (QED) is 0.289. The molecule has 0 amide bonds. The summed E-state index contributed by atoms with van der Waals surface area (Å²) >= 11 is 1.30. The Morgan fingerprint density at radius 1 is 1.30 bits per heavy atom. The van der Waals surface area contributed by atoms with Gasteiger partial charge in [-0.25, -0.2) is 10.2 Å². The summed E-state index contributed by atoms with van der Waals surface area (Å²) in [6.07, 6.45) is 1.49. The van der Waals surface area contributed by atoms with Crippen molar-refractivity contribution in [1.82, 2.24) is 15.2 Å². The van der Waals surface area contributed by atoms with Gasteiger partial charge in [-0.1, -0.05) is 6.07 Å². The highest BCUT2D eigenvalue weighted by molar-refractivity contribution is 7.12. The van der Waals surface area contributed by atoms with Crippen LogP contribution in [0.4, 0.5) is 5.95 Å². The van der Waals surface area contributed by atoms with Crippen LogP contribution in [0.1, 0.15) is 20.9 Å². The number of hydrogen-bond donors (Lipinski definition) is 2. The number of ether oxygens (including phenoxy) is 2. The number of nitrogens with zero attached hydrogens (tertiary/aromatic N) is 3. The predicted octanol–water partition coefficient (Wildman–Crippen LogP) is 2.21. The van der Waals surface area contributed by atoms with Crippen LogP contribution >= 0.6 is 11.3 Å². The SMILES string of the molecule is COc1cc(/C=N/Nc2nnc(C)c(=O)[nH]2)ccc1OC(=O)c1cccs1. The molecule has 27 heavy (non-hydrogen) atoms. The molecule has 0 saturated carbocycles. The molecule has 0 bridgehead atoms. The second kappa shape index (κ2) is 8.23. The first kappa shape index (κ1) is 18.3. The van der Waals surface area contributed by atoms with Crippen LogP contribution in [0.5, 0.6) is 11.5 Å². The summed E-state index contributed by atoms with van der Waals surface area (Å²) in [7, 11) is 1.48. The smallest absolute Gasteiger partial charge is 0.353 e. The molecule has 0 aliphatic heterocycles. The maximum absolute atomic E-state index is 12.1. The number of aromatic nitrogens is 3. The summed E-state index contributed by atoms with van der Waals surface area (Å²) in [6, 6.07) is 8.43. The zero-order chi connectivity index (χ0) is 19.2. The molecule has 2 heterocycles. The largest absolute Gasteiger partial charge is 0.493 e. The van der Waals surface area contributed by atoms with Crippen molar-refractivity contribution in [2.75, 3.05) is 12.5 Å². The lowest BCUT2D eigenvalue weighted by Crippen LogP contribution is -2.15. The number of rotatable bonds is 6. The maximum Gasteiger partial charge on any atom is 0.353 e. The number of nitrogens with one attached hydrogen (secondary N) is 2. The molecule has 3 aromatic rings. The van der Waals surface area contributed by atoms with Crippen LogP contribution in [-0.2, 0) is 0 Å². The lowest BCUT2D eigenvalue weighted by Gasteiger charge is -2.09. The third-order valence-electron chi connectivity index (χ3n) is 3.36. The van der Waals surface area contributed by atoms with Crippen LogP contribution in [0, 0.1) is 6.92 Å². The number of methoxy groups -OCH3 is 1. The average Bonchev–Trinajstić information content (AvgIpc) is 3.20. The molecule has 0 unspecified atom stereocenters. The summed E-state index contributed by atoms with van der Waals surface area (Å²) in [4.78, 5) is 26.5. The number of anilines is 1. The minimum absolute atomic E-state index is 0.121. The van der Waals surface area contributed by atoms with Crippen molar-refractivity contribution in [3.8, 4) is 11.5 Å². The molecule has 2 N–H and O–H groups in total. The number of thiophene rings is 1.